The van der Waals surface area contributed by atoms with Crippen molar-refractivity contribution in [3.05, 3.63) is 41.3 Å². The summed E-state index contributed by atoms with van der Waals surface area (Å²) in [5.41, 5.74) is 3.12. The molecular weight excluding hydrogens is 214 g/mol. The van der Waals surface area contributed by atoms with E-state index >= 15 is 0 Å². The Morgan fingerprint density at radius 1 is 1.35 bits per heavy atom. The maximum absolute atomic E-state index is 9.61. The molecule has 1 unspecified atom stereocenters. The van der Waals surface area contributed by atoms with Crippen molar-refractivity contribution in [2.45, 2.75) is 32.3 Å². The van der Waals surface area contributed by atoms with Gasteiger partial charge in [0.1, 0.15) is 5.76 Å². The Balaban J connectivity index is 2.03. The molecule has 1 aromatic carbocycles. The van der Waals surface area contributed by atoms with Gasteiger partial charge < -0.3 is 9.52 Å². The normalized spacial score (nSPS) is 19.1. The monoisotopic (exact) mass is 229 g/mol. The van der Waals surface area contributed by atoms with Crippen LogP contribution in [0.15, 0.2) is 28.7 Å². The van der Waals surface area contributed by atoms with Crippen molar-refractivity contribution in [3.63, 3.8) is 0 Å². The molecule has 0 radical (unpaired) electrons. The minimum Gasteiger partial charge on any atom is -0.441 e. The van der Waals surface area contributed by atoms with Crippen LogP contribution in [0.3, 0.4) is 0 Å². The van der Waals surface area contributed by atoms with E-state index in [4.69, 9.17) is 4.42 Å². The molecule has 0 amide bonds. The summed E-state index contributed by atoms with van der Waals surface area (Å²) in [5, 5.41) is 9.61. The van der Waals surface area contributed by atoms with Crippen molar-refractivity contribution >= 4 is 0 Å². The number of aliphatic hydroxyl groups is 1. The van der Waals surface area contributed by atoms with E-state index in [1.165, 1.54) is 0 Å². The lowest BCUT2D eigenvalue weighted by molar-refractivity contribution is 0.153. The fourth-order valence-corrected chi connectivity index (χ4v) is 2.29. The molecule has 0 spiro atoms. The molecule has 1 atom stereocenters. The zero-order valence-electron chi connectivity index (χ0n) is 9.81. The molecule has 1 heterocycles. The predicted molar refractivity (Wildman–Crippen MR) is 64.7 cm³/mol. The molecule has 3 rings (SSSR count). The van der Waals surface area contributed by atoms with Crippen molar-refractivity contribution < 1.29 is 9.52 Å². The zero-order chi connectivity index (χ0) is 11.8. The molecule has 1 aliphatic carbocycles. The van der Waals surface area contributed by atoms with E-state index in [0.29, 0.717) is 12.3 Å². The number of aromatic nitrogens is 1. The maximum Gasteiger partial charge on any atom is 0.226 e. The summed E-state index contributed by atoms with van der Waals surface area (Å²) < 4.78 is 5.80. The van der Waals surface area contributed by atoms with Crippen LogP contribution < -0.4 is 0 Å². The van der Waals surface area contributed by atoms with Gasteiger partial charge in [0.05, 0.1) is 11.8 Å². The lowest BCUT2D eigenvalue weighted by Crippen LogP contribution is -2.17. The van der Waals surface area contributed by atoms with E-state index in [-0.39, 0.29) is 6.10 Å². The quantitative estimate of drug-likeness (QED) is 0.817. The highest BCUT2D eigenvalue weighted by Gasteiger charge is 2.23. The fraction of sp³-hybridized carbons (Fsp3) is 0.357. The summed E-state index contributed by atoms with van der Waals surface area (Å²) in [6.45, 7) is 2.05. The highest BCUT2D eigenvalue weighted by atomic mass is 16.4. The lowest BCUT2D eigenvalue weighted by Gasteiger charge is -2.13. The van der Waals surface area contributed by atoms with Crippen molar-refractivity contribution in [2.75, 3.05) is 0 Å². The minimum atomic E-state index is -0.266. The number of hydrogen-bond acceptors (Lipinski definition) is 3. The molecule has 2 aromatic rings. The van der Waals surface area contributed by atoms with Gasteiger partial charge >= 0.3 is 0 Å². The van der Waals surface area contributed by atoms with Gasteiger partial charge in [-0.25, -0.2) is 4.98 Å². The molecule has 1 N–H and O–H groups in total. The smallest absolute Gasteiger partial charge is 0.226 e. The van der Waals surface area contributed by atoms with Crippen LogP contribution in [-0.2, 0) is 12.8 Å². The van der Waals surface area contributed by atoms with Gasteiger partial charge in [0.15, 0.2) is 0 Å². The van der Waals surface area contributed by atoms with E-state index < -0.39 is 0 Å². The van der Waals surface area contributed by atoms with Gasteiger partial charge in [-0.3, -0.25) is 0 Å². The fourth-order valence-electron chi connectivity index (χ4n) is 2.29. The number of nitrogens with zero attached hydrogens (tertiary/aromatic N) is 1. The maximum atomic E-state index is 9.61. The topological polar surface area (TPSA) is 46.3 Å². The Kier molecular flexibility index (Phi) is 2.48. The summed E-state index contributed by atoms with van der Waals surface area (Å²) in [4.78, 5) is 4.51. The molecule has 17 heavy (non-hydrogen) atoms. The van der Waals surface area contributed by atoms with E-state index in [1.54, 1.807) is 0 Å². The average molecular weight is 229 g/mol. The average Bonchev–Trinajstić information content (AvgIpc) is 2.72. The first-order valence-electron chi connectivity index (χ1n) is 5.96. The first-order valence-corrected chi connectivity index (χ1v) is 5.96. The zero-order valence-corrected chi connectivity index (χ0v) is 9.81. The summed E-state index contributed by atoms with van der Waals surface area (Å²) in [5.74, 6) is 1.62. The number of fused-ring (bicyclic) bond motifs is 1. The summed E-state index contributed by atoms with van der Waals surface area (Å²) in [7, 11) is 0. The van der Waals surface area contributed by atoms with Crippen LogP contribution in [0.25, 0.3) is 11.5 Å². The van der Waals surface area contributed by atoms with E-state index in [1.807, 2.05) is 31.2 Å². The molecule has 0 saturated carbocycles. The molecule has 0 aliphatic heterocycles. The molecule has 1 aromatic heterocycles. The number of aliphatic hydroxyl groups excluding tert-OH is 1. The second kappa shape index (κ2) is 4.00. The predicted octanol–water partition coefficient (Wildman–Crippen LogP) is 2.50. The van der Waals surface area contributed by atoms with E-state index in [0.717, 1.165) is 35.4 Å². The van der Waals surface area contributed by atoms with Gasteiger partial charge in [-0.05, 0) is 25.0 Å². The summed E-state index contributed by atoms with van der Waals surface area (Å²) in [6, 6.07) is 8.06. The third-order valence-corrected chi connectivity index (χ3v) is 3.29. The SMILES string of the molecule is Cc1ccccc1-c1nc2c(o1)CCC(O)C2. The number of aryl methyl sites for hydroxylation is 2. The molecule has 3 nitrogen and oxygen atoms in total. The van der Waals surface area contributed by atoms with Crippen LogP contribution >= 0.6 is 0 Å². The molecule has 0 fully saturated rings. The molecule has 0 saturated heterocycles. The molecular formula is C14H15NO2. The second-order valence-corrected chi connectivity index (χ2v) is 4.60. The summed E-state index contributed by atoms with van der Waals surface area (Å²) in [6.07, 6.45) is 1.91. The molecule has 88 valence electrons. The third kappa shape index (κ3) is 1.87. The number of rotatable bonds is 1. The first-order chi connectivity index (χ1) is 8.24. The Morgan fingerprint density at radius 3 is 3.00 bits per heavy atom. The molecule has 1 aliphatic rings. The van der Waals surface area contributed by atoms with Crippen LogP contribution in [0, 0.1) is 6.92 Å². The van der Waals surface area contributed by atoms with Crippen LogP contribution in [0.5, 0.6) is 0 Å². The number of benzene rings is 1. The minimum absolute atomic E-state index is 0.266. The largest absolute Gasteiger partial charge is 0.441 e. The standard InChI is InChI=1S/C14H15NO2/c1-9-4-2-3-5-11(9)14-15-12-8-10(16)6-7-13(12)17-14/h2-5,10,16H,6-8H2,1H3. The van der Waals surface area contributed by atoms with Crippen molar-refractivity contribution in [3.8, 4) is 11.5 Å². The van der Waals surface area contributed by atoms with Gasteiger partial charge in [0.2, 0.25) is 5.89 Å². The van der Waals surface area contributed by atoms with Crippen LogP contribution in [0.4, 0.5) is 0 Å². The van der Waals surface area contributed by atoms with Crippen molar-refractivity contribution in [2.24, 2.45) is 0 Å². The van der Waals surface area contributed by atoms with Crippen LogP contribution in [0.2, 0.25) is 0 Å². The van der Waals surface area contributed by atoms with E-state index in [2.05, 4.69) is 4.98 Å². The van der Waals surface area contributed by atoms with Gasteiger partial charge in [-0.2, -0.15) is 0 Å². The van der Waals surface area contributed by atoms with Crippen LogP contribution in [0.1, 0.15) is 23.4 Å². The molecule has 3 heteroatoms. The Hall–Kier alpha value is -1.61. The molecule has 0 bridgehead atoms. The number of hydrogen-bond donors (Lipinski definition) is 1. The van der Waals surface area contributed by atoms with E-state index in [9.17, 15) is 5.11 Å². The lowest BCUT2D eigenvalue weighted by atomic mass is 9.99. The Labute approximate surface area is 100 Å². The number of oxazole rings is 1. The van der Waals surface area contributed by atoms with Gasteiger partial charge in [-0.15, -0.1) is 0 Å². The van der Waals surface area contributed by atoms with Crippen molar-refractivity contribution in [1.29, 1.82) is 0 Å². The third-order valence-electron chi connectivity index (χ3n) is 3.29. The first kappa shape index (κ1) is 10.5. The highest BCUT2D eigenvalue weighted by Crippen LogP contribution is 2.28. The summed E-state index contributed by atoms with van der Waals surface area (Å²) >= 11 is 0. The van der Waals surface area contributed by atoms with Gasteiger partial charge in [-0.1, -0.05) is 18.2 Å². The second-order valence-electron chi connectivity index (χ2n) is 4.60. The Bertz CT molecular complexity index is 545. The highest BCUT2D eigenvalue weighted by molar-refractivity contribution is 5.58. The van der Waals surface area contributed by atoms with Gasteiger partial charge in [0.25, 0.3) is 0 Å². The van der Waals surface area contributed by atoms with Crippen LogP contribution in [-0.4, -0.2) is 16.2 Å². The van der Waals surface area contributed by atoms with Crippen molar-refractivity contribution in [1.82, 2.24) is 4.98 Å². The van der Waals surface area contributed by atoms with Gasteiger partial charge in [0, 0.05) is 18.4 Å². The Morgan fingerprint density at radius 2 is 2.18 bits per heavy atom.